The lowest BCUT2D eigenvalue weighted by Gasteiger charge is -2.09. The fourth-order valence-corrected chi connectivity index (χ4v) is 1.56. The molecular formula is C12H12FN5O3. The molecule has 8 nitrogen and oxygen atoms in total. The molecular weight excluding hydrogens is 281 g/mol. The highest BCUT2D eigenvalue weighted by molar-refractivity contribution is 5.93. The van der Waals surface area contributed by atoms with E-state index >= 15 is 0 Å². The number of amides is 2. The van der Waals surface area contributed by atoms with E-state index in [2.05, 4.69) is 20.9 Å². The molecule has 0 aliphatic carbocycles. The maximum absolute atomic E-state index is 13.5. The van der Waals surface area contributed by atoms with Gasteiger partial charge in [-0.1, -0.05) is 5.21 Å². The van der Waals surface area contributed by atoms with Gasteiger partial charge in [-0.3, -0.25) is 4.68 Å². The lowest BCUT2D eigenvalue weighted by molar-refractivity contribution is 0.0697. The monoisotopic (exact) mass is 293 g/mol. The van der Waals surface area contributed by atoms with Gasteiger partial charge in [-0.2, -0.15) is 0 Å². The molecule has 21 heavy (non-hydrogen) atoms. The Morgan fingerprint density at radius 1 is 1.38 bits per heavy atom. The van der Waals surface area contributed by atoms with Crippen molar-refractivity contribution in [2.75, 3.05) is 11.9 Å². The number of hydrogen-bond donors (Lipinski definition) is 3. The summed E-state index contributed by atoms with van der Waals surface area (Å²) in [5.74, 6) is -1.92. The molecule has 110 valence electrons. The van der Waals surface area contributed by atoms with Crippen molar-refractivity contribution in [1.29, 1.82) is 0 Å². The quantitative estimate of drug-likeness (QED) is 0.760. The molecule has 9 heteroatoms. The molecule has 0 saturated heterocycles. The number of aromatic nitrogens is 3. The summed E-state index contributed by atoms with van der Waals surface area (Å²) in [7, 11) is 0. The van der Waals surface area contributed by atoms with Crippen LogP contribution in [-0.4, -0.2) is 38.6 Å². The molecule has 2 amide bonds. The van der Waals surface area contributed by atoms with Crippen LogP contribution in [0.3, 0.4) is 0 Å². The lowest BCUT2D eigenvalue weighted by atomic mass is 10.2. The van der Waals surface area contributed by atoms with Gasteiger partial charge in [0.1, 0.15) is 5.82 Å². The summed E-state index contributed by atoms with van der Waals surface area (Å²) in [5, 5.41) is 20.9. The van der Waals surface area contributed by atoms with Crippen LogP contribution in [0.2, 0.25) is 0 Å². The highest BCUT2D eigenvalue weighted by Gasteiger charge is 2.10. The van der Waals surface area contributed by atoms with Crippen LogP contribution in [0.25, 0.3) is 0 Å². The number of nitrogens with one attached hydrogen (secondary N) is 2. The number of carboxylic acids is 1. The van der Waals surface area contributed by atoms with Gasteiger partial charge in [-0.15, -0.1) is 5.10 Å². The molecule has 1 aromatic carbocycles. The van der Waals surface area contributed by atoms with Crippen LogP contribution in [0.4, 0.5) is 14.9 Å². The van der Waals surface area contributed by atoms with Gasteiger partial charge in [0.05, 0.1) is 24.0 Å². The van der Waals surface area contributed by atoms with Crippen molar-refractivity contribution >= 4 is 17.7 Å². The average molecular weight is 293 g/mol. The van der Waals surface area contributed by atoms with Gasteiger partial charge in [0.25, 0.3) is 0 Å². The molecule has 1 heterocycles. The van der Waals surface area contributed by atoms with Gasteiger partial charge >= 0.3 is 12.0 Å². The first-order chi connectivity index (χ1) is 10.1. The van der Waals surface area contributed by atoms with Crippen molar-refractivity contribution in [1.82, 2.24) is 20.3 Å². The summed E-state index contributed by atoms with van der Waals surface area (Å²) in [6, 6.07) is 2.51. The third-order valence-corrected chi connectivity index (χ3v) is 2.56. The van der Waals surface area contributed by atoms with Crippen molar-refractivity contribution in [2.45, 2.75) is 6.54 Å². The third kappa shape index (κ3) is 4.00. The van der Waals surface area contributed by atoms with E-state index in [0.717, 1.165) is 18.2 Å². The molecule has 0 spiro atoms. The van der Waals surface area contributed by atoms with Gasteiger partial charge < -0.3 is 15.7 Å². The molecule has 0 radical (unpaired) electrons. The molecule has 1 aromatic heterocycles. The molecule has 2 rings (SSSR count). The highest BCUT2D eigenvalue weighted by atomic mass is 19.1. The Kier molecular flexibility index (Phi) is 4.44. The van der Waals surface area contributed by atoms with E-state index in [-0.39, 0.29) is 17.8 Å². The fourth-order valence-electron chi connectivity index (χ4n) is 1.56. The minimum atomic E-state index is -1.20. The largest absolute Gasteiger partial charge is 0.478 e. The summed E-state index contributed by atoms with van der Waals surface area (Å²) in [6.45, 7) is 0.667. The van der Waals surface area contributed by atoms with Crippen LogP contribution < -0.4 is 10.6 Å². The van der Waals surface area contributed by atoms with Crippen molar-refractivity contribution in [2.24, 2.45) is 0 Å². The number of carbonyl (C=O) groups excluding carboxylic acids is 1. The van der Waals surface area contributed by atoms with Crippen LogP contribution in [0.1, 0.15) is 10.4 Å². The van der Waals surface area contributed by atoms with Crippen molar-refractivity contribution in [3.63, 3.8) is 0 Å². The standard InChI is InChI=1S/C12H12FN5O3/c13-9-2-1-8(11(19)20)7-10(9)16-12(21)14-3-5-18-6-4-15-17-18/h1-2,4,6-7H,3,5H2,(H,19,20)(H2,14,16,21). The summed E-state index contributed by atoms with van der Waals surface area (Å²) in [5.41, 5.74) is -0.317. The molecule has 0 atom stereocenters. The second kappa shape index (κ2) is 6.46. The molecule has 0 saturated carbocycles. The summed E-state index contributed by atoms with van der Waals surface area (Å²) in [4.78, 5) is 22.4. The number of halogens is 1. The first kappa shape index (κ1) is 14.4. The number of urea groups is 1. The fraction of sp³-hybridized carbons (Fsp3) is 0.167. The van der Waals surface area contributed by atoms with Crippen LogP contribution in [-0.2, 0) is 6.54 Å². The Balaban J connectivity index is 1.90. The van der Waals surface area contributed by atoms with Crippen LogP contribution in [0.15, 0.2) is 30.6 Å². The zero-order chi connectivity index (χ0) is 15.2. The van der Waals surface area contributed by atoms with Gasteiger partial charge in [-0.05, 0) is 18.2 Å². The van der Waals surface area contributed by atoms with Crippen LogP contribution in [0, 0.1) is 5.82 Å². The maximum atomic E-state index is 13.5. The number of benzene rings is 1. The predicted octanol–water partition coefficient (Wildman–Crippen LogP) is 0.937. The minimum Gasteiger partial charge on any atom is -0.478 e. The van der Waals surface area contributed by atoms with E-state index in [1.165, 1.54) is 10.9 Å². The Morgan fingerprint density at radius 2 is 2.19 bits per heavy atom. The van der Waals surface area contributed by atoms with E-state index in [9.17, 15) is 14.0 Å². The Hall–Kier alpha value is -2.97. The van der Waals surface area contributed by atoms with Gasteiger partial charge in [-0.25, -0.2) is 14.0 Å². The predicted molar refractivity (Wildman–Crippen MR) is 70.4 cm³/mol. The molecule has 0 aliphatic heterocycles. The van der Waals surface area contributed by atoms with Gasteiger partial charge in [0, 0.05) is 12.7 Å². The number of nitrogens with zero attached hydrogens (tertiary/aromatic N) is 3. The summed E-state index contributed by atoms with van der Waals surface area (Å²) in [6.07, 6.45) is 3.14. The molecule has 0 aliphatic rings. The molecule has 0 unspecified atom stereocenters. The number of aromatic carboxylic acids is 1. The normalized spacial score (nSPS) is 10.1. The van der Waals surface area contributed by atoms with Gasteiger partial charge in [0.15, 0.2) is 0 Å². The van der Waals surface area contributed by atoms with Crippen molar-refractivity contribution < 1.29 is 19.1 Å². The summed E-state index contributed by atoms with van der Waals surface area (Å²) >= 11 is 0. The number of carboxylic acid groups (broad SMARTS) is 1. The Bertz CT molecular complexity index is 644. The highest BCUT2D eigenvalue weighted by Crippen LogP contribution is 2.16. The van der Waals surface area contributed by atoms with Crippen molar-refractivity contribution in [3.8, 4) is 0 Å². The maximum Gasteiger partial charge on any atom is 0.335 e. The van der Waals surface area contributed by atoms with E-state index in [1.54, 1.807) is 6.20 Å². The molecule has 0 fully saturated rings. The summed E-state index contributed by atoms with van der Waals surface area (Å²) < 4.78 is 15.0. The Morgan fingerprint density at radius 3 is 2.86 bits per heavy atom. The smallest absolute Gasteiger partial charge is 0.335 e. The first-order valence-electron chi connectivity index (χ1n) is 5.98. The molecule has 2 aromatic rings. The van der Waals surface area contributed by atoms with E-state index in [0.29, 0.717) is 6.54 Å². The molecule has 0 bridgehead atoms. The van der Waals surface area contributed by atoms with Crippen LogP contribution >= 0.6 is 0 Å². The van der Waals surface area contributed by atoms with E-state index in [4.69, 9.17) is 5.11 Å². The van der Waals surface area contributed by atoms with Crippen LogP contribution in [0.5, 0.6) is 0 Å². The van der Waals surface area contributed by atoms with Gasteiger partial charge in [0.2, 0.25) is 0 Å². The SMILES string of the molecule is O=C(NCCn1ccnn1)Nc1cc(C(=O)O)ccc1F. The lowest BCUT2D eigenvalue weighted by Crippen LogP contribution is -2.32. The zero-order valence-electron chi connectivity index (χ0n) is 10.8. The number of carbonyl (C=O) groups is 2. The number of rotatable bonds is 5. The Labute approximate surface area is 118 Å². The average Bonchev–Trinajstić information content (AvgIpc) is 2.94. The molecule has 3 N–H and O–H groups in total. The van der Waals surface area contributed by atoms with E-state index in [1.807, 2.05) is 0 Å². The number of hydrogen-bond acceptors (Lipinski definition) is 4. The van der Waals surface area contributed by atoms with E-state index < -0.39 is 17.8 Å². The van der Waals surface area contributed by atoms with Crippen molar-refractivity contribution in [3.05, 3.63) is 42.0 Å². The second-order valence-corrected chi connectivity index (χ2v) is 4.05. The topological polar surface area (TPSA) is 109 Å². The third-order valence-electron chi connectivity index (χ3n) is 2.56. The number of anilines is 1. The first-order valence-corrected chi connectivity index (χ1v) is 5.98. The zero-order valence-corrected chi connectivity index (χ0v) is 10.8. The second-order valence-electron chi connectivity index (χ2n) is 4.05. The minimum absolute atomic E-state index is 0.116.